The first kappa shape index (κ1) is 29.3. The number of aromatic nitrogens is 2. The third-order valence-electron chi connectivity index (χ3n) is 6.81. The van der Waals surface area contributed by atoms with Crippen LogP contribution in [0.4, 0.5) is 24.8 Å². The van der Waals surface area contributed by atoms with Crippen LogP contribution in [0.1, 0.15) is 50.7 Å². The van der Waals surface area contributed by atoms with Gasteiger partial charge in [-0.05, 0) is 62.9 Å². The Morgan fingerprint density at radius 2 is 1.70 bits per heavy atom. The highest BCUT2D eigenvalue weighted by Crippen LogP contribution is 2.38. The van der Waals surface area contributed by atoms with E-state index in [4.69, 9.17) is 0 Å². The largest absolute Gasteiger partial charge is 0.481 e. The number of carboxylic acid groups (broad SMARTS) is 1. The molecule has 4 rings (SSSR count). The number of alkyl halides is 3. The number of benzene rings is 1. The van der Waals surface area contributed by atoms with Crippen molar-refractivity contribution in [3.8, 4) is 11.3 Å². The molecular weight excluding hydrogens is 545 g/mol. The second kappa shape index (κ2) is 11.4. The average molecular weight is 577 g/mol. The molecule has 0 fully saturated rings. The maximum atomic E-state index is 14.0. The lowest BCUT2D eigenvalue weighted by Gasteiger charge is -2.31. The highest BCUT2D eigenvalue weighted by molar-refractivity contribution is 7.92. The Morgan fingerprint density at radius 3 is 2.42 bits per heavy atom. The zero-order valence-electron chi connectivity index (χ0n) is 22.2. The topological polar surface area (TPSA) is 112 Å². The van der Waals surface area contributed by atoms with Crippen molar-refractivity contribution >= 4 is 27.6 Å². The molecule has 2 aromatic heterocycles. The molecule has 40 heavy (non-hydrogen) atoms. The number of nitrogens with zero attached hydrogens (tertiary/aromatic N) is 3. The van der Waals surface area contributed by atoms with Gasteiger partial charge in [0.2, 0.25) is 0 Å². The Morgan fingerprint density at radius 1 is 0.975 bits per heavy atom. The molecule has 0 spiro atoms. The van der Waals surface area contributed by atoms with Crippen LogP contribution in [0, 0.1) is 5.41 Å². The number of carbonyl (C=O) groups is 1. The molecule has 1 aliphatic rings. The number of nitrogens with one attached hydrogen (secondary N) is 1. The second-order valence-corrected chi connectivity index (χ2v) is 12.1. The van der Waals surface area contributed by atoms with Crippen LogP contribution in [0.2, 0.25) is 0 Å². The highest BCUT2D eigenvalue weighted by atomic mass is 32.2. The van der Waals surface area contributed by atoms with E-state index in [0.717, 1.165) is 31.4 Å². The molecular formula is C28H31F3N4O4S. The maximum absolute atomic E-state index is 14.0. The van der Waals surface area contributed by atoms with E-state index in [2.05, 4.69) is 14.7 Å². The van der Waals surface area contributed by atoms with Gasteiger partial charge in [-0.2, -0.15) is 21.6 Å². The van der Waals surface area contributed by atoms with Crippen molar-refractivity contribution in [3.63, 3.8) is 0 Å². The lowest BCUT2D eigenvalue weighted by Crippen LogP contribution is -2.40. The molecule has 3 heterocycles. The van der Waals surface area contributed by atoms with Crippen molar-refractivity contribution in [2.24, 2.45) is 5.41 Å². The Kier molecular flexibility index (Phi) is 8.38. The van der Waals surface area contributed by atoms with Crippen molar-refractivity contribution in [3.05, 3.63) is 65.7 Å². The van der Waals surface area contributed by atoms with Gasteiger partial charge in [-0.1, -0.05) is 43.2 Å². The number of rotatable bonds is 3. The van der Waals surface area contributed by atoms with Crippen LogP contribution in [-0.2, 0) is 27.4 Å². The third-order valence-corrected chi connectivity index (χ3v) is 8.07. The molecule has 0 saturated carbocycles. The van der Waals surface area contributed by atoms with Crippen molar-refractivity contribution in [2.75, 3.05) is 22.7 Å². The van der Waals surface area contributed by atoms with Gasteiger partial charge in [0, 0.05) is 18.7 Å². The summed E-state index contributed by atoms with van der Waals surface area (Å²) in [4.78, 5) is 22.0. The molecule has 0 radical (unpaired) electrons. The molecule has 0 atom stereocenters. The number of hydrogen-bond donors (Lipinski definition) is 2. The number of sulfonamides is 1. The number of hydrogen-bond acceptors (Lipinski definition) is 6. The van der Waals surface area contributed by atoms with Crippen LogP contribution in [0.3, 0.4) is 0 Å². The summed E-state index contributed by atoms with van der Waals surface area (Å²) in [5.41, 5.74) is -1.46. The third kappa shape index (κ3) is 6.72. The maximum Gasteiger partial charge on any atom is 0.418 e. The number of carboxylic acids is 1. The van der Waals surface area contributed by atoms with E-state index in [1.54, 1.807) is 49.1 Å². The van der Waals surface area contributed by atoms with Crippen LogP contribution < -0.4 is 9.62 Å². The number of anilines is 2. The van der Waals surface area contributed by atoms with Crippen molar-refractivity contribution in [1.29, 1.82) is 0 Å². The summed E-state index contributed by atoms with van der Waals surface area (Å²) in [5.74, 6) is -0.989. The molecule has 3 aromatic rings. The minimum absolute atomic E-state index is 0.101. The first-order valence-corrected chi connectivity index (χ1v) is 14.4. The molecule has 1 aliphatic heterocycles. The second-order valence-electron chi connectivity index (χ2n) is 10.5. The molecule has 8 nitrogen and oxygen atoms in total. The quantitative estimate of drug-likeness (QED) is 0.393. The smallest absolute Gasteiger partial charge is 0.418 e. The zero-order chi connectivity index (χ0) is 29.1. The summed E-state index contributed by atoms with van der Waals surface area (Å²) in [6.45, 7) is 3.73. The predicted molar refractivity (Wildman–Crippen MR) is 146 cm³/mol. The van der Waals surface area contributed by atoms with Gasteiger partial charge in [0.15, 0.2) is 5.03 Å². The van der Waals surface area contributed by atoms with E-state index < -0.39 is 33.1 Å². The van der Waals surface area contributed by atoms with Crippen molar-refractivity contribution in [1.82, 2.24) is 9.97 Å². The molecule has 0 amide bonds. The standard InChI is InChI=1S/C28H31F3N4O4S/c1-27(2,26(36)37)18-35-17-8-4-3-5-10-19-11-6-7-12-20(19)25-21(28(29,30)31)15-16-22(32-25)34-40(38,39)24-14-9-13-23(35)33-24/h6-7,9,11-16H,3-5,8,10,17-18H2,1-2H3,(H,32,34)(H,36,37). The molecule has 12 heteroatoms. The van der Waals surface area contributed by atoms with E-state index >= 15 is 0 Å². The fourth-order valence-electron chi connectivity index (χ4n) is 4.63. The van der Waals surface area contributed by atoms with Gasteiger partial charge in [-0.3, -0.25) is 9.52 Å². The Balaban J connectivity index is 1.81. The predicted octanol–water partition coefficient (Wildman–Crippen LogP) is 6.00. The monoisotopic (exact) mass is 576 g/mol. The fraction of sp³-hybridized carbons (Fsp3) is 0.393. The minimum Gasteiger partial charge on any atom is -0.481 e. The first-order chi connectivity index (χ1) is 18.8. The van der Waals surface area contributed by atoms with Gasteiger partial charge in [0.1, 0.15) is 11.6 Å². The lowest BCUT2D eigenvalue weighted by molar-refractivity contribution is -0.146. The van der Waals surface area contributed by atoms with Crippen LogP contribution in [-0.4, -0.2) is 42.6 Å². The number of aryl methyl sites for hydroxylation is 1. The summed E-state index contributed by atoms with van der Waals surface area (Å²) in [6.07, 6.45) is -1.19. The van der Waals surface area contributed by atoms with Crippen molar-refractivity contribution in [2.45, 2.75) is 57.2 Å². The number of halogens is 3. The lowest BCUT2D eigenvalue weighted by atomic mass is 9.93. The fourth-order valence-corrected chi connectivity index (χ4v) is 5.60. The Hall–Kier alpha value is -3.67. The van der Waals surface area contributed by atoms with Crippen molar-refractivity contribution < 1.29 is 31.5 Å². The molecule has 0 aliphatic carbocycles. The average Bonchev–Trinajstić information content (AvgIpc) is 2.88. The van der Waals surface area contributed by atoms with E-state index in [0.29, 0.717) is 30.5 Å². The molecule has 0 unspecified atom stereocenters. The molecule has 2 N–H and O–H groups in total. The molecule has 1 aromatic carbocycles. The SMILES string of the molecule is CC(C)(CN1CCCCCCc2ccccc2-c2nc(ccc2C(F)(F)F)NS(=O)(=O)c2cccc1n2)C(=O)O. The Bertz CT molecular complexity index is 1490. The van der Waals surface area contributed by atoms with E-state index in [9.17, 15) is 31.5 Å². The number of fused-ring (bicyclic) bond motifs is 6. The highest BCUT2D eigenvalue weighted by Gasteiger charge is 2.36. The van der Waals surface area contributed by atoms with Gasteiger partial charge in [0.25, 0.3) is 10.0 Å². The van der Waals surface area contributed by atoms with E-state index in [1.807, 2.05) is 0 Å². The summed E-state index contributed by atoms with van der Waals surface area (Å²) < 4.78 is 70.8. The molecule has 214 valence electrons. The van der Waals surface area contributed by atoms with Crippen LogP contribution in [0.5, 0.6) is 0 Å². The van der Waals surface area contributed by atoms with Crippen LogP contribution in [0.15, 0.2) is 59.6 Å². The van der Waals surface area contributed by atoms with E-state index in [-0.39, 0.29) is 28.9 Å². The Labute approximate surface area is 231 Å². The van der Waals surface area contributed by atoms with Gasteiger partial charge in [-0.25, -0.2) is 9.97 Å². The van der Waals surface area contributed by atoms with Gasteiger partial charge in [0.05, 0.1) is 16.7 Å². The molecule has 4 bridgehead atoms. The van der Waals surface area contributed by atoms with Gasteiger partial charge < -0.3 is 10.0 Å². The first-order valence-electron chi connectivity index (χ1n) is 12.9. The minimum atomic E-state index is -4.70. The number of aliphatic carboxylic acids is 1. The van der Waals surface area contributed by atoms with Crippen LogP contribution in [0.25, 0.3) is 11.3 Å². The summed E-state index contributed by atoms with van der Waals surface area (Å²) in [5, 5.41) is 9.31. The van der Waals surface area contributed by atoms with Gasteiger partial charge in [-0.15, -0.1) is 0 Å². The summed E-state index contributed by atoms with van der Waals surface area (Å²) in [6, 6.07) is 12.9. The number of pyridine rings is 2. The summed E-state index contributed by atoms with van der Waals surface area (Å²) >= 11 is 0. The van der Waals surface area contributed by atoms with Gasteiger partial charge >= 0.3 is 12.1 Å². The molecule has 0 saturated heterocycles. The van der Waals surface area contributed by atoms with Crippen LogP contribution >= 0.6 is 0 Å². The zero-order valence-corrected chi connectivity index (χ0v) is 23.0. The normalized spacial score (nSPS) is 16.4. The van der Waals surface area contributed by atoms with E-state index in [1.165, 1.54) is 12.1 Å². The summed E-state index contributed by atoms with van der Waals surface area (Å²) in [7, 11) is -4.35.